The Hall–Kier alpha value is -1.43. The molecule has 1 saturated heterocycles. The summed E-state index contributed by atoms with van der Waals surface area (Å²) in [4.78, 5) is 21.0. The summed E-state index contributed by atoms with van der Waals surface area (Å²) in [7, 11) is 0. The number of urea groups is 1. The summed E-state index contributed by atoms with van der Waals surface area (Å²) in [5.74, 6) is -0.914. The van der Waals surface area contributed by atoms with E-state index in [9.17, 15) is 9.59 Å². The first kappa shape index (κ1) is 6.69. The second-order valence-corrected chi connectivity index (χ2v) is 1.83. The molecule has 1 aliphatic rings. The lowest BCUT2D eigenvalue weighted by Gasteiger charge is -2.18. The summed E-state index contributed by atoms with van der Waals surface area (Å²) in [5.41, 5.74) is 5.13. The monoisotopic (exact) mass is 142 g/mol. The minimum absolute atomic E-state index is 0.270. The van der Waals surface area contributed by atoms with Crippen LogP contribution in [0.15, 0.2) is 0 Å². The van der Waals surface area contributed by atoms with E-state index in [1.165, 1.54) is 0 Å². The van der Waals surface area contributed by atoms with Gasteiger partial charge in [-0.25, -0.2) is 4.79 Å². The Bertz CT molecular complexity index is 191. The summed E-state index contributed by atoms with van der Waals surface area (Å²) in [5, 5.41) is 10.9. The van der Waals surface area contributed by atoms with Crippen molar-refractivity contribution in [1.82, 2.24) is 10.6 Å². The highest BCUT2D eigenvalue weighted by Gasteiger charge is 2.27. The maximum Gasteiger partial charge on any atom is 0.326 e. The van der Waals surface area contributed by atoms with Crippen LogP contribution in [-0.4, -0.2) is 23.8 Å². The highest BCUT2D eigenvalue weighted by atomic mass is 16.2. The molecule has 6 nitrogen and oxygen atoms in total. The fourth-order valence-electron chi connectivity index (χ4n) is 0.552. The summed E-state index contributed by atoms with van der Waals surface area (Å²) in [6.45, 7) is 0. The molecule has 0 saturated carbocycles. The molecule has 0 aromatic heterocycles. The van der Waals surface area contributed by atoms with E-state index >= 15 is 0 Å². The lowest BCUT2D eigenvalue weighted by Crippen LogP contribution is -2.61. The Morgan fingerprint density at radius 2 is 2.00 bits per heavy atom. The fraction of sp³-hybridized carbons (Fsp3) is 0.250. The van der Waals surface area contributed by atoms with E-state index in [0.717, 1.165) is 0 Å². The van der Waals surface area contributed by atoms with E-state index in [4.69, 9.17) is 11.1 Å². The first-order chi connectivity index (χ1) is 4.61. The minimum atomic E-state index is -1.04. The van der Waals surface area contributed by atoms with Gasteiger partial charge in [0.15, 0.2) is 0 Å². The fourth-order valence-corrected chi connectivity index (χ4v) is 0.552. The summed E-state index contributed by atoms with van der Waals surface area (Å²) in [6, 6.07) is -1.74. The third-order valence-corrected chi connectivity index (χ3v) is 1.08. The van der Waals surface area contributed by atoms with E-state index in [-0.39, 0.29) is 5.84 Å². The molecular weight excluding hydrogens is 136 g/mol. The summed E-state index contributed by atoms with van der Waals surface area (Å²) >= 11 is 0. The second-order valence-electron chi connectivity index (χ2n) is 1.83. The summed E-state index contributed by atoms with van der Waals surface area (Å²) < 4.78 is 0. The average Bonchev–Trinajstić information content (AvgIpc) is 1.82. The zero-order chi connectivity index (χ0) is 7.72. The van der Waals surface area contributed by atoms with Crippen LogP contribution >= 0.6 is 0 Å². The van der Waals surface area contributed by atoms with Gasteiger partial charge in [-0.15, -0.1) is 0 Å². The molecule has 1 aliphatic heterocycles. The standard InChI is InChI=1S/C4H6N4O2/c5-1-2(6)7-4(10)8-3(1)9/h1H,5H2,(H3,6,7,8,9,10). The lowest BCUT2D eigenvalue weighted by atomic mass is 10.2. The van der Waals surface area contributed by atoms with Crippen molar-refractivity contribution >= 4 is 17.8 Å². The van der Waals surface area contributed by atoms with E-state index in [1.807, 2.05) is 10.6 Å². The van der Waals surface area contributed by atoms with E-state index < -0.39 is 18.0 Å². The number of hydrogen-bond acceptors (Lipinski definition) is 4. The number of carbonyl (C=O) groups excluding carboxylic acids is 2. The quantitative estimate of drug-likeness (QED) is 0.318. The molecule has 0 aromatic carbocycles. The zero-order valence-electron chi connectivity index (χ0n) is 4.97. The van der Waals surface area contributed by atoms with Crippen LogP contribution in [0.1, 0.15) is 0 Å². The van der Waals surface area contributed by atoms with E-state index in [2.05, 4.69) is 0 Å². The van der Waals surface area contributed by atoms with Crippen LogP contribution in [0.4, 0.5) is 4.79 Å². The van der Waals surface area contributed by atoms with Gasteiger partial charge in [0.2, 0.25) is 0 Å². The SMILES string of the molecule is N=C1NC(=O)NC(=O)C1N. The van der Waals surface area contributed by atoms with Crippen LogP contribution < -0.4 is 16.4 Å². The molecule has 1 heterocycles. The van der Waals surface area contributed by atoms with Crippen molar-refractivity contribution in [2.24, 2.45) is 5.73 Å². The van der Waals surface area contributed by atoms with Crippen LogP contribution in [-0.2, 0) is 4.79 Å². The molecular formula is C4H6N4O2. The number of amides is 3. The smallest absolute Gasteiger partial charge is 0.314 e. The van der Waals surface area contributed by atoms with Crippen molar-refractivity contribution in [2.45, 2.75) is 6.04 Å². The zero-order valence-corrected chi connectivity index (χ0v) is 4.97. The van der Waals surface area contributed by atoms with Gasteiger partial charge >= 0.3 is 6.03 Å². The van der Waals surface area contributed by atoms with Crippen LogP contribution in [0.2, 0.25) is 0 Å². The van der Waals surface area contributed by atoms with Crippen LogP contribution in [0.5, 0.6) is 0 Å². The van der Waals surface area contributed by atoms with Gasteiger partial charge in [-0.05, 0) is 0 Å². The molecule has 0 aromatic rings. The van der Waals surface area contributed by atoms with E-state index in [1.54, 1.807) is 0 Å². The van der Waals surface area contributed by atoms with Crippen LogP contribution in [0, 0.1) is 5.41 Å². The molecule has 1 rings (SSSR count). The normalized spacial score (nSPS) is 25.7. The van der Waals surface area contributed by atoms with Crippen molar-refractivity contribution in [3.8, 4) is 0 Å². The van der Waals surface area contributed by atoms with Gasteiger partial charge in [0, 0.05) is 0 Å². The van der Waals surface area contributed by atoms with Gasteiger partial charge in [0.05, 0.1) is 0 Å². The number of amidine groups is 1. The molecule has 6 heteroatoms. The number of hydrogen-bond donors (Lipinski definition) is 4. The number of nitrogens with two attached hydrogens (primary N) is 1. The number of rotatable bonds is 0. The van der Waals surface area contributed by atoms with Crippen molar-refractivity contribution in [1.29, 1.82) is 5.41 Å². The third kappa shape index (κ3) is 0.960. The van der Waals surface area contributed by atoms with Crippen molar-refractivity contribution < 1.29 is 9.59 Å². The average molecular weight is 142 g/mol. The molecule has 3 amide bonds. The highest BCUT2D eigenvalue weighted by Crippen LogP contribution is 1.86. The van der Waals surface area contributed by atoms with Crippen LogP contribution in [0.3, 0.4) is 0 Å². The maximum absolute atomic E-state index is 10.6. The first-order valence-electron chi connectivity index (χ1n) is 2.57. The van der Waals surface area contributed by atoms with Gasteiger partial charge < -0.3 is 5.73 Å². The molecule has 5 N–H and O–H groups in total. The summed E-state index contributed by atoms with van der Waals surface area (Å²) in [6.07, 6.45) is 0. The molecule has 10 heavy (non-hydrogen) atoms. The van der Waals surface area contributed by atoms with Gasteiger partial charge in [-0.2, -0.15) is 0 Å². The van der Waals surface area contributed by atoms with Crippen LogP contribution in [0.25, 0.3) is 0 Å². The predicted octanol–water partition coefficient (Wildman–Crippen LogP) is -1.87. The largest absolute Gasteiger partial charge is 0.326 e. The van der Waals surface area contributed by atoms with Crippen molar-refractivity contribution in [3.05, 3.63) is 0 Å². The predicted molar refractivity (Wildman–Crippen MR) is 32.4 cm³/mol. The van der Waals surface area contributed by atoms with Crippen molar-refractivity contribution in [3.63, 3.8) is 0 Å². The van der Waals surface area contributed by atoms with Crippen molar-refractivity contribution in [2.75, 3.05) is 0 Å². The van der Waals surface area contributed by atoms with E-state index in [0.29, 0.717) is 0 Å². The molecule has 0 aliphatic carbocycles. The molecule has 0 spiro atoms. The minimum Gasteiger partial charge on any atom is -0.314 e. The number of nitrogens with one attached hydrogen (secondary N) is 3. The molecule has 1 atom stereocenters. The molecule has 54 valence electrons. The van der Waals surface area contributed by atoms with Gasteiger partial charge in [0.1, 0.15) is 11.9 Å². The second kappa shape index (κ2) is 2.07. The Balaban J connectivity index is 2.76. The Kier molecular flexibility index (Phi) is 1.38. The molecule has 1 fully saturated rings. The Morgan fingerprint density at radius 3 is 2.50 bits per heavy atom. The Labute approximate surface area is 56.3 Å². The number of imide groups is 1. The molecule has 0 bridgehead atoms. The number of carbonyl (C=O) groups is 2. The first-order valence-corrected chi connectivity index (χ1v) is 2.57. The third-order valence-electron chi connectivity index (χ3n) is 1.08. The topological polar surface area (TPSA) is 108 Å². The van der Waals surface area contributed by atoms with Gasteiger partial charge in [-0.1, -0.05) is 0 Å². The Morgan fingerprint density at radius 1 is 1.40 bits per heavy atom. The molecule has 0 radical (unpaired) electrons. The highest BCUT2D eigenvalue weighted by molar-refractivity contribution is 6.19. The van der Waals surface area contributed by atoms with Gasteiger partial charge in [-0.3, -0.25) is 20.8 Å². The maximum atomic E-state index is 10.6. The lowest BCUT2D eigenvalue weighted by molar-refractivity contribution is -0.120. The molecule has 1 unspecified atom stereocenters. The van der Waals surface area contributed by atoms with Gasteiger partial charge in [0.25, 0.3) is 5.91 Å².